The summed E-state index contributed by atoms with van der Waals surface area (Å²) >= 11 is 0. The minimum atomic E-state index is 0.296. The number of para-hydroxylation sites is 1. The van der Waals surface area contributed by atoms with Gasteiger partial charge in [-0.1, -0.05) is 37.5 Å². The number of hydrogen-bond acceptors (Lipinski definition) is 4. The fraction of sp³-hybridized carbons (Fsp3) is 0.565. The molecule has 2 aliphatic rings. The number of aromatic nitrogens is 1. The fourth-order valence-electron chi connectivity index (χ4n) is 4.60. The number of hydrogen-bond donors (Lipinski definition) is 1. The van der Waals surface area contributed by atoms with Crippen LogP contribution >= 0.6 is 0 Å². The largest absolute Gasteiger partial charge is 0.383 e. The SMILES string of the molecule is Cc1cc(NCCN2CCN(C(=O)C3CCCCC3)CC2)c2ccccc2n1. The van der Waals surface area contributed by atoms with Gasteiger partial charge in [-0.3, -0.25) is 14.7 Å². The molecule has 0 unspecified atom stereocenters. The lowest BCUT2D eigenvalue weighted by Gasteiger charge is -2.37. The lowest BCUT2D eigenvalue weighted by Crippen LogP contribution is -2.51. The summed E-state index contributed by atoms with van der Waals surface area (Å²) in [6.07, 6.45) is 5.96. The number of piperazine rings is 1. The summed E-state index contributed by atoms with van der Waals surface area (Å²) in [6, 6.07) is 10.4. The molecule has 5 nitrogen and oxygen atoms in total. The third-order valence-corrected chi connectivity index (χ3v) is 6.23. The highest BCUT2D eigenvalue weighted by molar-refractivity contribution is 5.91. The molecule has 1 aromatic carbocycles. The number of aryl methyl sites for hydroxylation is 1. The normalized spacial score (nSPS) is 19.1. The first-order chi connectivity index (χ1) is 13.7. The second kappa shape index (κ2) is 8.91. The lowest BCUT2D eigenvalue weighted by molar-refractivity contribution is -0.138. The quantitative estimate of drug-likeness (QED) is 0.860. The molecule has 0 spiro atoms. The average Bonchev–Trinajstić information content (AvgIpc) is 2.74. The van der Waals surface area contributed by atoms with Crippen molar-refractivity contribution < 1.29 is 4.79 Å². The number of benzene rings is 1. The standard InChI is InChI=1S/C23H32N4O/c1-18-17-22(20-9-5-6-10-21(20)25-18)24-11-12-26-13-15-27(16-14-26)23(28)19-7-3-2-4-8-19/h5-6,9-10,17,19H,2-4,7-8,11-16H2,1H3,(H,24,25). The van der Waals surface area contributed by atoms with E-state index >= 15 is 0 Å². The average molecular weight is 381 g/mol. The van der Waals surface area contributed by atoms with E-state index in [1.807, 2.05) is 13.0 Å². The van der Waals surface area contributed by atoms with Gasteiger partial charge in [0, 0.05) is 62.0 Å². The Labute approximate surface area is 168 Å². The summed E-state index contributed by atoms with van der Waals surface area (Å²) in [6.45, 7) is 7.68. The molecule has 150 valence electrons. The molecule has 1 aromatic heterocycles. The number of nitrogens with one attached hydrogen (secondary N) is 1. The Balaban J connectivity index is 1.25. The molecule has 4 rings (SSSR count). The Morgan fingerprint density at radius 1 is 1.11 bits per heavy atom. The van der Waals surface area contributed by atoms with Crippen LogP contribution in [-0.4, -0.2) is 60.0 Å². The maximum absolute atomic E-state index is 12.7. The summed E-state index contributed by atoms with van der Waals surface area (Å²) in [5.41, 5.74) is 3.24. The van der Waals surface area contributed by atoms with Crippen molar-refractivity contribution in [2.24, 2.45) is 5.92 Å². The van der Waals surface area contributed by atoms with Gasteiger partial charge in [0.1, 0.15) is 0 Å². The van der Waals surface area contributed by atoms with E-state index in [0.29, 0.717) is 11.8 Å². The van der Waals surface area contributed by atoms with Gasteiger partial charge >= 0.3 is 0 Å². The number of carbonyl (C=O) groups excluding carboxylic acids is 1. The first kappa shape index (κ1) is 19.2. The van der Waals surface area contributed by atoms with Gasteiger partial charge in [-0.2, -0.15) is 0 Å². The van der Waals surface area contributed by atoms with Crippen LogP contribution in [0, 0.1) is 12.8 Å². The van der Waals surface area contributed by atoms with Gasteiger partial charge in [-0.05, 0) is 31.9 Å². The molecule has 1 saturated heterocycles. The highest BCUT2D eigenvalue weighted by Crippen LogP contribution is 2.26. The molecular weight excluding hydrogens is 348 g/mol. The molecule has 1 N–H and O–H groups in total. The van der Waals surface area contributed by atoms with Crippen molar-refractivity contribution in [3.05, 3.63) is 36.0 Å². The van der Waals surface area contributed by atoms with Crippen LogP contribution in [0.25, 0.3) is 10.9 Å². The molecule has 1 aliphatic carbocycles. The number of anilines is 1. The number of pyridine rings is 1. The number of carbonyl (C=O) groups is 1. The molecule has 28 heavy (non-hydrogen) atoms. The zero-order valence-corrected chi connectivity index (χ0v) is 17.0. The van der Waals surface area contributed by atoms with Crippen LogP contribution < -0.4 is 5.32 Å². The number of rotatable bonds is 5. The number of nitrogens with zero attached hydrogens (tertiary/aromatic N) is 3. The topological polar surface area (TPSA) is 48.5 Å². The third-order valence-electron chi connectivity index (χ3n) is 6.23. The Kier molecular flexibility index (Phi) is 6.10. The van der Waals surface area contributed by atoms with E-state index in [0.717, 1.165) is 69.0 Å². The van der Waals surface area contributed by atoms with Crippen LogP contribution in [0.4, 0.5) is 5.69 Å². The highest BCUT2D eigenvalue weighted by Gasteiger charge is 2.28. The molecule has 0 atom stereocenters. The second-order valence-corrected chi connectivity index (χ2v) is 8.26. The minimum absolute atomic E-state index is 0.296. The highest BCUT2D eigenvalue weighted by atomic mass is 16.2. The Morgan fingerprint density at radius 3 is 2.64 bits per heavy atom. The predicted octanol–water partition coefficient (Wildman–Crippen LogP) is 3.68. The van der Waals surface area contributed by atoms with Crippen LogP contribution in [0.5, 0.6) is 0 Å². The van der Waals surface area contributed by atoms with Crippen molar-refractivity contribution in [1.29, 1.82) is 0 Å². The molecule has 5 heteroatoms. The molecule has 1 aliphatic heterocycles. The maximum atomic E-state index is 12.7. The minimum Gasteiger partial charge on any atom is -0.383 e. The van der Waals surface area contributed by atoms with Crippen LogP contribution in [0.15, 0.2) is 30.3 Å². The summed E-state index contributed by atoms with van der Waals surface area (Å²) in [7, 11) is 0. The smallest absolute Gasteiger partial charge is 0.225 e. The molecule has 2 heterocycles. The van der Waals surface area contributed by atoms with E-state index in [-0.39, 0.29) is 0 Å². The van der Waals surface area contributed by atoms with Gasteiger partial charge in [-0.25, -0.2) is 0 Å². The fourth-order valence-corrected chi connectivity index (χ4v) is 4.60. The second-order valence-electron chi connectivity index (χ2n) is 8.26. The first-order valence-electron chi connectivity index (χ1n) is 10.8. The van der Waals surface area contributed by atoms with Crippen molar-refractivity contribution >= 4 is 22.5 Å². The van der Waals surface area contributed by atoms with E-state index in [1.165, 1.54) is 24.6 Å². The maximum Gasteiger partial charge on any atom is 0.225 e. The summed E-state index contributed by atoms with van der Waals surface area (Å²) in [5, 5.41) is 4.78. The van der Waals surface area contributed by atoms with Gasteiger partial charge in [0.25, 0.3) is 0 Å². The van der Waals surface area contributed by atoms with Crippen molar-refractivity contribution in [2.45, 2.75) is 39.0 Å². The first-order valence-corrected chi connectivity index (χ1v) is 10.8. The van der Waals surface area contributed by atoms with Crippen LogP contribution in [-0.2, 0) is 4.79 Å². The summed E-state index contributed by atoms with van der Waals surface area (Å²) < 4.78 is 0. The van der Waals surface area contributed by atoms with E-state index in [4.69, 9.17) is 0 Å². The Morgan fingerprint density at radius 2 is 1.86 bits per heavy atom. The summed E-state index contributed by atoms with van der Waals surface area (Å²) in [5.74, 6) is 0.710. The van der Waals surface area contributed by atoms with E-state index in [9.17, 15) is 4.79 Å². The molecular formula is C23H32N4O. The molecule has 0 radical (unpaired) electrons. The van der Waals surface area contributed by atoms with Crippen molar-refractivity contribution in [1.82, 2.24) is 14.8 Å². The van der Waals surface area contributed by atoms with Crippen LogP contribution in [0.2, 0.25) is 0 Å². The monoisotopic (exact) mass is 380 g/mol. The zero-order valence-electron chi connectivity index (χ0n) is 17.0. The van der Waals surface area contributed by atoms with E-state index in [2.05, 4.69) is 44.4 Å². The molecule has 1 amide bonds. The molecule has 1 saturated carbocycles. The van der Waals surface area contributed by atoms with Gasteiger partial charge in [0.15, 0.2) is 0 Å². The van der Waals surface area contributed by atoms with Gasteiger partial charge < -0.3 is 10.2 Å². The van der Waals surface area contributed by atoms with Crippen molar-refractivity contribution in [3.8, 4) is 0 Å². The third kappa shape index (κ3) is 4.46. The number of amides is 1. The van der Waals surface area contributed by atoms with Gasteiger partial charge in [0.05, 0.1) is 5.52 Å². The van der Waals surface area contributed by atoms with Gasteiger partial charge in [-0.15, -0.1) is 0 Å². The van der Waals surface area contributed by atoms with E-state index in [1.54, 1.807) is 0 Å². The summed E-state index contributed by atoms with van der Waals surface area (Å²) in [4.78, 5) is 21.9. The zero-order chi connectivity index (χ0) is 19.3. The van der Waals surface area contributed by atoms with Crippen LogP contribution in [0.1, 0.15) is 37.8 Å². The predicted molar refractivity (Wildman–Crippen MR) is 115 cm³/mol. The lowest BCUT2D eigenvalue weighted by atomic mass is 9.88. The molecule has 0 bridgehead atoms. The van der Waals surface area contributed by atoms with Crippen molar-refractivity contribution in [2.75, 3.05) is 44.6 Å². The molecule has 2 aromatic rings. The molecule has 2 fully saturated rings. The Hall–Kier alpha value is -2.14. The number of fused-ring (bicyclic) bond motifs is 1. The van der Waals surface area contributed by atoms with Crippen LogP contribution in [0.3, 0.4) is 0 Å². The van der Waals surface area contributed by atoms with E-state index < -0.39 is 0 Å². The van der Waals surface area contributed by atoms with Crippen molar-refractivity contribution in [3.63, 3.8) is 0 Å². The van der Waals surface area contributed by atoms with Gasteiger partial charge in [0.2, 0.25) is 5.91 Å². The Bertz CT molecular complexity index is 807.